The van der Waals surface area contributed by atoms with Gasteiger partial charge in [0.1, 0.15) is 6.61 Å². The Morgan fingerprint density at radius 2 is 1.82 bits per heavy atom. The third-order valence-corrected chi connectivity index (χ3v) is 3.54. The van der Waals surface area contributed by atoms with Crippen molar-refractivity contribution in [2.24, 2.45) is 11.8 Å². The quantitative estimate of drug-likeness (QED) is 0.453. The molecule has 1 aliphatic rings. The van der Waals surface area contributed by atoms with Crippen LogP contribution in [0.25, 0.3) is 0 Å². The maximum absolute atomic E-state index is 10.9. The average Bonchev–Trinajstić information content (AvgIpc) is 2.61. The number of carbonyl (C=O) groups excluding carboxylic acids is 2. The first kappa shape index (κ1) is 18.0. The number of alkyl carbamates (subject to hydrolysis) is 1. The molecule has 22 heavy (non-hydrogen) atoms. The van der Waals surface area contributed by atoms with Crippen LogP contribution >= 0.6 is 0 Å². The maximum atomic E-state index is 10.9. The van der Waals surface area contributed by atoms with Gasteiger partial charge >= 0.3 is 6.09 Å². The SMILES string of the molecule is CNC(=O)OCc1ccccc1.NNC(=O)C1CCCCC1. The molecule has 2 amide bonds. The number of hydrogen-bond donors (Lipinski definition) is 3. The maximum Gasteiger partial charge on any atom is 0.407 e. The van der Waals surface area contributed by atoms with E-state index in [-0.39, 0.29) is 11.8 Å². The second kappa shape index (κ2) is 10.6. The molecule has 1 aliphatic carbocycles. The van der Waals surface area contributed by atoms with E-state index in [1.807, 2.05) is 30.3 Å². The van der Waals surface area contributed by atoms with Gasteiger partial charge in [-0.2, -0.15) is 0 Å². The van der Waals surface area contributed by atoms with Gasteiger partial charge in [0.25, 0.3) is 0 Å². The lowest BCUT2D eigenvalue weighted by atomic mass is 9.89. The van der Waals surface area contributed by atoms with Crippen LogP contribution in [0.2, 0.25) is 0 Å². The molecule has 0 aliphatic heterocycles. The molecule has 1 aromatic rings. The summed E-state index contributed by atoms with van der Waals surface area (Å²) < 4.78 is 4.83. The standard InChI is InChI=1S/C9H11NO2.C7H14N2O/c1-10-9(11)12-7-8-5-3-2-4-6-8;8-9-7(10)6-4-2-1-3-5-6/h2-6H,7H2,1H3,(H,10,11);6H,1-5,8H2,(H,9,10). The van der Waals surface area contributed by atoms with Crippen LogP contribution in [0.15, 0.2) is 30.3 Å². The lowest BCUT2D eigenvalue weighted by Gasteiger charge is -2.19. The van der Waals surface area contributed by atoms with E-state index in [4.69, 9.17) is 10.6 Å². The molecular weight excluding hydrogens is 282 g/mol. The second-order valence-electron chi connectivity index (χ2n) is 5.16. The predicted molar refractivity (Wildman–Crippen MR) is 84.6 cm³/mol. The van der Waals surface area contributed by atoms with Crippen LogP contribution < -0.4 is 16.6 Å². The average molecular weight is 307 g/mol. The van der Waals surface area contributed by atoms with E-state index in [1.165, 1.54) is 26.3 Å². The zero-order valence-corrected chi connectivity index (χ0v) is 13.0. The van der Waals surface area contributed by atoms with Crippen molar-refractivity contribution in [3.8, 4) is 0 Å². The molecule has 122 valence electrons. The number of hydrogen-bond acceptors (Lipinski definition) is 4. The molecule has 0 heterocycles. The zero-order valence-electron chi connectivity index (χ0n) is 13.0. The predicted octanol–water partition coefficient (Wildman–Crippen LogP) is 2.10. The molecule has 0 spiro atoms. The molecule has 0 unspecified atom stereocenters. The van der Waals surface area contributed by atoms with Crippen LogP contribution in [-0.2, 0) is 16.1 Å². The smallest absolute Gasteiger partial charge is 0.407 e. The van der Waals surface area contributed by atoms with Gasteiger partial charge in [-0.25, -0.2) is 10.6 Å². The first-order valence-corrected chi connectivity index (χ1v) is 7.56. The highest BCUT2D eigenvalue weighted by Gasteiger charge is 2.19. The summed E-state index contributed by atoms with van der Waals surface area (Å²) in [6, 6.07) is 9.54. The summed E-state index contributed by atoms with van der Waals surface area (Å²) in [6.07, 6.45) is 5.26. The van der Waals surface area contributed by atoms with Crippen molar-refractivity contribution < 1.29 is 14.3 Å². The Hall–Kier alpha value is -2.08. The van der Waals surface area contributed by atoms with Crippen LogP contribution in [0.4, 0.5) is 4.79 Å². The van der Waals surface area contributed by atoms with E-state index >= 15 is 0 Å². The van der Waals surface area contributed by atoms with E-state index in [0.29, 0.717) is 6.61 Å². The first-order valence-electron chi connectivity index (χ1n) is 7.56. The molecule has 1 saturated carbocycles. The van der Waals surface area contributed by atoms with Gasteiger partial charge in [-0.05, 0) is 18.4 Å². The molecule has 0 aromatic heterocycles. The Kier molecular flexibility index (Phi) is 8.67. The Balaban J connectivity index is 0.000000224. The third kappa shape index (κ3) is 7.08. The summed E-state index contributed by atoms with van der Waals surface area (Å²) in [4.78, 5) is 21.6. The number of hydrazine groups is 1. The minimum Gasteiger partial charge on any atom is -0.445 e. The van der Waals surface area contributed by atoms with Crippen molar-refractivity contribution in [2.45, 2.75) is 38.7 Å². The highest BCUT2D eigenvalue weighted by Crippen LogP contribution is 2.23. The van der Waals surface area contributed by atoms with E-state index in [0.717, 1.165) is 18.4 Å². The molecular formula is C16H25N3O3. The molecule has 0 atom stereocenters. The minimum absolute atomic E-state index is 0.0136. The molecule has 4 N–H and O–H groups in total. The number of nitrogens with two attached hydrogens (primary N) is 1. The number of amides is 2. The summed E-state index contributed by atoms with van der Waals surface area (Å²) in [5.74, 6) is 5.21. The second-order valence-corrected chi connectivity index (χ2v) is 5.16. The van der Waals surface area contributed by atoms with Crippen molar-refractivity contribution in [3.05, 3.63) is 35.9 Å². The molecule has 1 aromatic carbocycles. The number of rotatable bonds is 3. The number of ether oxygens (including phenoxy) is 1. The van der Waals surface area contributed by atoms with Crippen molar-refractivity contribution >= 4 is 12.0 Å². The molecule has 6 nitrogen and oxygen atoms in total. The lowest BCUT2D eigenvalue weighted by Crippen LogP contribution is -2.36. The molecule has 6 heteroatoms. The molecule has 1 fully saturated rings. The van der Waals surface area contributed by atoms with Crippen molar-refractivity contribution in [2.75, 3.05) is 7.05 Å². The van der Waals surface area contributed by atoms with Crippen LogP contribution in [-0.4, -0.2) is 19.0 Å². The van der Waals surface area contributed by atoms with Gasteiger partial charge < -0.3 is 10.1 Å². The molecule has 0 radical (unpaired) electrons. The fourth-order valence-electron chi connectivity index (χ4n) is 2.28. The first-order chi connectivity index (χ1) is 10.7. The van der Waals surface area contributed by atoms with Crippen LogP contribution in [0.5, 0.6) is 0 Å². The number of carbonyl (C=O) groups is 2. The van der Waals surface area contributed by atoms with Gasteiger partial charge in [0.05, 0.1) is 0 Å². The zero-order chi connectivity index (χ0) is 16.2. The van der Waals surface area contributed by atoms with Crippen molar-refractivity contribution in [1.82, 2.24) is 10.7 Å². The monoisotopic (exact) mass is 307 g/mol. The fraction of sp³-hybridized carbons (Fsp3) is 0.500. The third-order valence-electron chi connectivity index (χ3n) is 3.54. The Morgan fingerprint density at radius 1 is 1.18 bits per heavy atom. The Morgan fingerprint density at radius 3 is 2.36 bits per heavy atom. The van der Waals surface area contributed by atoms with Gasteiger partial charge in [0.2, 0.25) is 5.91 Å². The number of nitrogens with one attached hydrogen (secondary N) is 2. The number of benzene rings is 1. The molecule has 0 bridgehead atoms. The van der Waals surface area contributed by atoms with E-state index in [2.05, 4.69) is 10.7 Å². The topological polar surface area (TPSA) is 93.4 Å². The molecule has 2 rings (SSSR count). The van der Waals surface area contributed by atoms with Crippen LogP contribution in [0.3, 0.4) is 0 Å². The normalized spacial score (nSPS) is 14.3. The van der Waals surface area contributed by atoms with Gasteiger partial charge in [0, 0.05) is 13.0 Å². The summed E-state index contributed by atoms with van der Waals surface area (Å²) in [7, 11) is 1.54. The lowest BCUT2D eigenvalue weighted by molar-refractivity contribution is -0.125. The highest BCUT2D eigenvalue weighted by atomic mass is 16.5. The van der Waals surface area contributed by atoms with E-state index in [9.17, 15) is 9.59 Å². The summed E-state index contributed by atoms with van der Waals surface area (Å²) in [6.45, 7) is 0.320. The summed E-state index contributed by atoms with van der Waals surface area (Å²) >= 11 is 0. The van der Waals surface area contributed by atoms with Gasteiger partial charge in [0.15, 0.2) is 0 Å². The van der Waals surface area contributed by atoms with Crippen LogP contribution in [0.1, 0.15) is 37.7 Å². The van der Waals surface area contributed by atoms with Crippen molar-refractivity contribution in [3.63, 3.8) is 0 Å². The highest BCUT2D eigenvalue weighted by molar-refractivity contribution is 5.77. The largest absolute Gasteiger partial charge is 0.445 e. The van der Waals surface area contributed by atoms with E-state index < -0.39 is 6.09 Å². The summed E-state index contributed by atoms with van der Waals surface area (Å²) in [5.41, 5.74) is 3.18. The Bertz CT molecular complexity index is 445. The summed E-state index contributed by atoms with van der Waals surface area (Å²) in [5, 5.41) is 2.37. The van der Waals surface area contributed by atoms with E-state index in [1.54, 1.807) is 0 Å². The van der Waals surface area contributed by atoms with Crippen molar-refractivity contribution in [1.29, 1.82) is 0 Å². The van der Waals surface area contributed by atoms with Gasteiger partial charge in [-0.15, -0.1) is 0 Å². The molecule has 0 saturated heterocycles. The van der Waals surface area contributed by atoms with Crippen LogP contribution in [0, 0.1) is 5.92 Å². The Labute approximate surface area is 131 Å². The minimum atomic E-state index is -0.404. The van der Waals surface area contributed by atoms with Gasteiger partial charge in [-0.3, -0.25) is 10.2 Å². The fourth-order valence-corrected chi connectivity index (χ4v) is 2.28. The van der Waals surface area contributed by atoms with Gasteiger partial charge in [-0.1, -0.05) is 49.6 Å².